The number of nitrogens with zero attached hydrogens (tertiary/aromatic N) is 3. The molecule has 3 heterocycles. The second-order valence-electron chi connectivity index (χ2n) is 7.76. The maximum atomic E-state index is 13.8. The fourth-order valence-corrected chi connectivity index (χ4v) is 5.02. The number of esters is 1. The number of nitriles is 1. The van der Waals surface area contributed by atoms with Gasteiger partial charge in [-0.1, -0.05) is 6.07 Å². The van der Waals surface area contributed by atoms with E-state index in [1.807, 2.05) is 10.8 Å². The Morgan fingerprint density at radius 3 is 2.67 bits per heavy atom. The van der Waals surface area contributed by atoms with Crippen molar-refractivity contribution in [3.63, 3.8) is 0 Å². The molecule has 1 saturated heterocycles. The average molecular weight is 476 g/mol. The summed E-state index contributed by atoms with van der Waals surface area (Å²) in [4.78, 5) is 30.4. The van der Waals surface area contributed by atoms with E-state index in [0.717, 1.165) is 12.1 Å². The zero-order valence-corrected chi connectivity index (χ0v) is 18.0. The van der Waals surface area contributed by atoms with E-state index in [0.29, 0.717) is 43.5 Å². The molecule has 1 aromatic heterocycles. The third kappa shape index (κ3) is 4.78. The van der Waals surface area contributed by atoms with Gasteiger partial charge < -0.3 is 9.64 Å². The Hall–Kier alpha value is -3.59. The average Bonchev–Trinajstić information content (AvgIpc) is 3.14. The highest BCUT2D eigenvalue weighted by molar-refractivity contribution is 7.89. The van der Waals surface area contributed by atoms with Crippen molar-refractivity contribution in [1.82, 2.24) is 9.71 Å². The molecule has 9 nitrogen and oxygen atoms in total. The fourth-order valence-electron chi connectivity index (χ4n) is 3.83. The van der Waals surface area contributed by atoms with Crippen LogP contribution in [0.2, 0.25) is 0 Å². The first-order chi connectivity index (χ1) is 15.7. The summed E-state index contributed by atoms with van der Waals surface area (Å²) in [5.74, 6) is -4.11. The Morgan fingerprint density at radius 1 is 1.27 bits per heavy atom. The summed E-state index contributed by atoms with van der Waals surface area (Å²) < 4.78 is 58.3. The van der Waals surface area contributed by atoms with Gasteiger partial charge in [0.15, 0.2) is 0 Å². The summed E-state index contributed by atoms with van der Waals surface area (Å²) in [6.07, 6.45) is 0.594. The first-order valence-corrected chi connectivity index (χ1v) is 11.7. The second-order valence-corrected chi connectivity index (χ2v) is 9.49. The van der Waals surface area contributed by atoms with Gasteiger partial charge in [-0.15, -0.1) is 0 Å². The number of piperidine rings is 1. The smallest absolute Gasteiger partial charge is 0.340 e. The lowest BCUT2D eigenvalue weighted by Crippen LogP contribution is -2.43. The minimum absolute atomic E-state index is 0.0260. The number of rotatable bonds is 5. The normalized spacial score (nSPS) is 16.2. The number of nitrogens with one attached hydrogen (secondary N) is 1. The highest BCUT2D eigenvalue weighted by Crippen LogP contribution is 2.29. The Bertz CT molecular complexity index is 1280. The standard InChI is InChI=1S/C21H18F2N4O5S/c22-15-2-1-13(17(23)8-15)11-33(30,31)26-20(28)12-3-5-27(6-4-12)19-14(9-24)7-16-18(25-19)10-32-21(16)29/h1-2,7-8,12H,3-6,10-11H2,(H,26,28). The van der Waals surface area contributed by atoms with E-state index in [4.69, 9.17) is 4.74 Å². The lowest BCUT2D eigenvalue weighted by molar-refractivity contribution is -0.123. The van der Waals surface area contributed by atoms with Crippen LogP contribution in [-0.2, 0) is 31.9 Å². The summed E-state index contributed by atoms with van der Waals surface area (Å²) in [7, 11) is -4.18. The van der Waals surface area contributed by atoms with Gasteiger partial charge in [0.2, 0.25) is 15.9 Å². The number of pyridine rings is 1. The molecule has 2 aromatic rings. The molecular formula is C21H18F2N4O5S. The number of carbonyl (C=O) groups excluding carboxylic acids is 2. The number of ether oxygens (including phenoxy) is 1. The number of hydrogen-bond acceptors (Lipinski definition) is 8. The summed E-state index contributed by atoms with van der Waals surface area (Å²) in [6, 6.07) is 5.98. The Kier molecular flexibility index (Phi) is 5.99. The van der Waals surface area contributed by atoms with Gasteiger partial charge in [-0.2, -0.15) is 5.26 Å². The number of benzene rings is 1. The summed E-state index contributed by atoms with van der Waals surface area (Å²) in [5, 5.41) is 9.44. The number of sulfonamides is 1. The number of fused-ring (bicyclic) bond motifs is 1. The van der Waals surface area contributed by atoms with E-state index in [-0.39, 0.29) is 23.3 Å². The molecule has 0 spiro atoms. The van der Waals surface area contributed by atoms with Crippen LogP contribution in [0.3, 0.4) is 0 Å². The van der Waals surface area contributed by atoms with Crippen LogP contribution in [0.25, 0.3) is 0 Å². The third-order valence-electron chi connectivity index (χ3n) is 5.54. The molecule has 0 radical (unpaired) electrons. The number of aromatic nitrogens is 1. The van der Waals surface area contributed by atoms with Crippen molar-refractivity contribution in [2.75, 3.05) is 18.0 Å². The van der Waals surface area contributed by atoms with Crippen LogP contribution in [0.15, 0.2) is 24.3 Å². The van der Waals surface area contributed by atoms with Crippen LogP contribution in [0.1, 0.15) is 40.0 Å². The number of cyclic esters (lactones) is 1. The molecule has 2 aliphatic heterocycles. The maximum Gasteiger partial charge on any atom is 0.340 e. The number of amides is 1. The minimum atomic E-state index is -4.18. The van der Waals surface area contributed by atoms with Gasteiger partial charge in [-0.25, -0.2) is 27.0 Å². The Labute approximate surface area is 188 Å². The van der Waals surface area contributed by atoms with E-state index in [2.05, 4.69) is 4.98 Å². The van der Waals surface area contributed by atoms with Crippen LogP contribution in [-0.4, -0.2) is 38.4 Å². The predicted molar refractivity (Wildman–Crippen MR) is 110 cm³/mol. The van der Waals surface area contributed by atoms with E-state index < -0.39 is 45.2 Å². The molecule has 1 fully saturated rings. The lowest BCUT2D eigenvalue weighted by Gasteiger charge is -2.32. The first kappa shape index (κ1) is 22.6. The monoisotopic (exact) mass is 476 g/mol. The molecule has 4 rings (SSSR count). The molecule has 1 N–H and O–H groups in total. The summed E-state index contributed by atoms with van der Waals surface area (Å²) in [6.45, 7) is 0.693. The van der Waals surface area contributed by atoms with E-state index in [1.165, 1.54) is 6.07 Å². The molecule has 0 unspecified atom stereocenters. The van der Waals surface area contributed by atoms with Gasteiger partial charge in [0, 0.05) is 30.6 Å². The summed E-state index contributed by atoms with van der Waals surface area (Å²) in [5.41, 5.74) is 0.653. The van der Waals surface area contributed by atoms with Crippen LogP contribution in [0.4, 0.5) is 14.6 Å². The Morgan fingerprint density at radius 2 is 2.00 bits per heavy atom. The zero-order valence-electron chi connectivity index (χ0n) is 17.2. The van der Waals surface area contributed by atoms with Crippen LogP contribution in [0, 0.1) is 28.9 Å². The van der Waals surface area contributed by atoms with Crippen molar-refractivity contribution in [1.29, 1.82) is 5.26 Å². The topological polar surface area (TPSA) is 129 Å². The Balaban J connectivity index is 1.39. The highest BCUT2D eigenvalue weighted by atomic mass is 32.2. The first-order valence-electron chi connectivity index (χ1n) is 10.0. The van der Waals surface area contributed by atoms with Gasteiger partial charge in [0.05, 0.1) is 22.6 Å². The highest BCUT2D eigenvalue weighted by Gasteiger charge is 2.31. The van der Waals surface area contributed by atoms with Gasteiger partial charge in [0.25, 0.3) is 0 Å². The van der Waals surface area contributed by atoms with E-state index in [9.17, 15) is 32.0 Å². The number of carbonyl (C=O) groups is 2. The second kappa shape index (κ2) is 8.74. The van der Waals surface area contributed by atoms with Crippen molar-refractivity contribution in [3.05, 3.63) is 58.3 Å². The SMILES string of the molecule is N#Cc1cc2c(nc1N1CCC(C(=O)NS(=O)(=O)Cc3ccc(F)cc3F)CC1)COC2=O. The molecule has 0 bridgehead atoms. The zero-order chi connectivity index (χ0) is 23.8. The molecule has 172 valence electrons. The molecule has 12 heteroatoms. The molecule has 1 amide bonds. The van der Waals surface area contributed by atoms with Crippen molar-refractivity contribution in [2.45, 2.75) is 25.2 Å². The predicted octanol–water partition coefficient (Wildman–Crippen LogP) is 1.76. The van der Waals surface area contributed by atoms with Gasteiger partial charge in [-0.05, 0) is 25.0 Å². The summed E-state index contributed by atoms with van der Waals surface area (Å²) >= 11 is 0. The molecule has 0 saturated carbocycles. The van der Waals surface area contributed by atoms with E-state index >= 15 is 0 Å². The molecule has 33 heavy (non-hydrogen) atoms. The largest absolute Gasteiger partial charge is 0.455 e. The quantitative estimate of drug-likeness (QED) is 0.647. The van der Waals surface area contributed by atoms with E-state index in [1.54, 1.807) is 4.90 Å². The number of anilines is 1. The molecule has 0 aliphatic carbocycles. The molecular weight excluding hydrogens is 458 g/mol. The van der Waals surface area contributed by atoms with Crippen LogP contribution >= 0.6 is 0 Å². The van der Waals surface area contributed by atoms with Crippen molar-refractivity contribution >= 4 is 27.7 Å². The third-order valence-corrected chi connectivity index (χ3v) is 6.75. The molecule has 1 aromatic carbocycles. The number of hydrogen-bond donors (Lipinski definition) is 1. The lowest BCUT2D eigenvalue weighted by atomic mass is 9.96. The molecule has 2 aliphatic rings. The fraction of sp³-hybridized carbons (Fsp3) is 0.333. The van der Waals surface area contributed by atoms with Crippen molar-refractivity contribution < 1.29 is 31.5 Å². The maximum absolute atomic E-state index is 13.8. The van der Waals surface area contributed by atoms with Crippen LogP contribution < -0.4 is 9.62 Å². The van der Waals surface area contributed by atoms with Gasteiger partial charge >= 0.3 is 5.97 Å². The number of halogens is 2. The molecule has 0 atom stereocenters. The van der Waals surface area contributed by atoms with Crippen molar-refractivity contribution in [2.24, 2.45) is 5.92 Å². The minimum Gasteiger partial charge on any atom is -0.455 e. The van der Waals surface area contributed by atoms with Crippen molar-refractivity contribution in [3.8, 4) is 6.07 Å². The van der Waals surface area contributed by atoms with Gasteiger partial charge in [-0.3, -0.25) is 9.52 Å². The van der Waals surface area contributed by atoms with Gasteiger partial charge in [0.1, 0.15) is 30.1 Å². The van der Waals surface area contributed by atoms with Crippen LogP contribution in [0.5, 0.6) is 0 Å².